The molecule has 8 heteroatoms. The van der Waals surface area contributed by atoms with E-state index in [1.54, 1.807) is 19.2 Å². The fourth-order valence-electron chi connectivity index (χ4n) is 2.99. The third-order valence-corrected chi connectivity index (χ3v) is 5.73. The van der Waals surface area contributed by atoms with Gasteiger partial charge >= 0.3 is 0 Å². The molecule has 7 nitrogen and oxygen atoms in total. The van der Waals surface area contributed by atoms with Crippen LogP contribution < -0.4 is 16.0 Å². The van der Waals surface area contributed by atoms with Gasteiger partial charge in [-0.3, -0.25) is 4.99 Å². The Hall–Kier alpha value is -3.13. The Labute approximate surface area is 177 Å². The number of anilines is 1. The van der Waals surface area contributed by atoms with Crippen molar-refractivity contribution in [3.63, 3.8) is 0 Å². The molecule has 0 amide bonds. The molecule has 30 heavy (non-hydrogen) atoms. The topological polar surface area (TPSA) is 95.5 Å². The summed E-state index contributed by atoms with van der Waals surface area (Å²) in [5.74, 6) is 1.56. The van der Waals surface area contributed by atoms with Crippen molar-refractivity contribution in [2.75, 3.05) is 38.3 Å². The molecule has 1 heterocycles. The zero-order valence-electron chi connectivity index (χ0n) is 17.2. The summed E-state index contributed by atoms with van der Waals surface area (Å²) in [6.45, 7) is 2.09. The molecule has 3 aromatic rings. The van der Waals surface area contributed by atoms with Gasteiger partial charge in [-0.2, -0.15) is 0 Å². The van der Waals surface area contributed by atoms with Gasteiger partial charge in [0.15, 0.2) is 15.8 Å². The number of nitrogens with zero attached hydrogens (tertiary/aromatic N) is 2. The van der Waals surface area contributed by atoms with Crippen LogP contribution in [0.15, 0.2) is 70.6 Å². The number of sulfone groups is 1. The first-order valence-corrected chi connectivity index (χ1v) is 11.7. The average molecular weight is 426 g/mol. The number of nitrogens with one attached hydrogen (secondary N) is 3. The third kappa shape index (κ3) is 6.18. The summed E-state index contributed by atoms with van der Waals surface area (Å²) >= 11 is 0. The zero-order chi connectivity index (χ0) is 21.4. The predicted molar refractivity (Wildman–Crippen MR) is 123 cm³/mol. The number of hydrogen-bond donors (Lipinski definition) is 3. The van der Waals surface area contributed by atoms with Gasteiger partial charge in [0.2, 0.25) is 0 Å². The van der Waals surface area contributed by atoms with Gasteiger partial charge in [0, 0.05) is 38.3 Å². The molecule has 0 aliphatic heterocycles. The van der Waals surface area contributed by atoms with Crippen LogP contribution in [0.2, 0.25) is 0 Å². The minimum atomic E-state index is -3.16. The summed E-state index contributed by atoms with van der Waals surface area (Å²) in [6, 6.07) is 19.0. The second kappa shape index (κ2) is 10.1. The van der Waals surface area contributed by atoms with E-state index in [9.17, 15) is 8.42 Å². The fraction of sp³-hybridized carbons (Fsp3) is 0.273. The summed E-state index contributed by atoms with van der Waals surface area (Å²) in [5, 5.41) is 11.0. The summed E-state index contributed by atoms with van der Waals surface area (Å²) in [7, 11) is -1.43. The molecular weight excluding hydrogens is 398 g/mol. The van der Waals surface area contributed by atoms with Gasteiger partial charge in [0.05, 0.1) is 10.4 Å². The second-order valence-corrected chi connectivity index (χ2v) is 8.92. The lowest BCUT2D eigenvalue weighted by Crippen LogP contribution is -2.40. The predicted octanol–water partition coefficient (Wildman–Crippen LogP) is 2.46. The van der Waals surface area contributed by atoms with E-state index < -0.39 is 9.84 Å². The molecule has 0 spiro atoms. The lowest BCUT2D eigenvalue weighted by atomic mass is 10.1. The van der Waals surface area contributed by atoms with Crippen LogP contribution >= 0.6 is 0 Å². The lowest BCUT2D eigenvalue weighted by Gasteiger charge is -2.13. The maximum absolute atomic E-state index is 11.5. The Morgan fingerprint density at radius 2 is 1.67 bits per heavy atom. The first-order valence-electron chi connectivity index (χ1n) is 9.79. The normalized spacial score (nSPS) is 12.0. The van der Waals surface area contributed by atoms with E-state index in [4.69, 9.17) is 0 Å². The van der Waals surface area contributed by atoms with Gasteiger partial charge in [-0.15, -0.1) is 0 Å². The van der Waals surface area contributed by atoms with Gasteiger partial charge < -0.3 is 16.0 Å². The molecule has 0 saturated heterocycles. The van der Waals surface area contributed by atoms with Crippen LogP contribution in [0.3, 0.4) is 0 Å². The second-order valence-electron chi connectivity index (χ2n) is 6.91. The monoisotopic (exact) mass is 425 g/mol. The van der Waals surface area contributed by atoms with Gasteiger partial charge in [-0.05, 0) is 42.3 Å². The van der Waals surface area contributed by atoms with Gasteiger partial charge in [0.25, 0.3) is 0 Å². The minimum Gasteiger partial charge on any atom is -0.368 e. The Balaban J connectivity index is 1.39. The van der Waals surface area contributed by atoms with E-state index in [2.05, 4.69) is 32.0 Å². The van der Waals surface area contributed by atoms with Crippen molar-refractivity contribution in [2.45, 2.75) is 11.3 Å². The highest BCUT2D eigenvalue weighted by Gasteiger charge is 2.06. The van der Waals surface area contributed by atoms with Crippen LogP contribution in [0, 0.1) is 0 Å². The smallest absolute Gasteiger partial charge is 0.191 e. The van der Waals surface area contributed by atoms with Crippen LogP contribution in [0.5, 0.6) is 0 Å². The van der Waals surface area contributed by atoms with Crippen LogP contribution in [0.1, 0.15) is 5.56 Å². The van der Waals surface area contributed by atoms with E-state index in [0.717, 1.165) is 34.7 Å². The summed E-state index contributed by atoms with van der Waals surface area (Å²) in [4.78, 5) is 9.15. The SMILES string of the molecule is CN=C(NCCNc1ccc2ccccc2n1)NCCc1ccc(S(C)(=O)=O)cc1. The highest BCUT2D eigenvalue weighted by molar-refractivity contribution is 7.90. The number of fused-ring (bicyclic) bond motifs is 1. The van der Waals surface area contributed by atoms with Crippen molar-refractivity contribution >= 4 is 32.5 Å². The molecule has 0 saturated carbocycles. The molecule has 2 aromatic carbocycles. The number of rotatable bonds is 8. The van der Waals surface area contributed by atoms with E-state index >= 15 is 0 Å². The van der Waals surface area contributed by atoms with E-state index in [-0.39, 0.29) is 0 Å². The maximum Gasteiger partial charge on any atom is 0.191 e. The number of benzene rings is 2. The highest BCUT2D eigenvalue weighted by atomic mass is 32.2. The summed E-state index contributed by atoms with van der Waals surface area (Å²) in [6.07, 6.45) is 1.98. The van der Waals surface area contributed by atoms with Crippen LogP contribution in [0.4, 0.5) is 5.82 Å². The first-order chi connectivity index (χ1) is 14.5. The van der Waals surface area contributed by atoms with Gasteiger partial charge in [0.1, 0.15) is 5.82 Å². The van der Waals surface area contributed by atoms with Crippen LogP contribution in [-0.4, -0.2) is 52.3 Å². The number of para-hydroxylation sites is 1. The minimum absolute atomic E-state index is 0.338. The fourth-order valence-corrected chi connectivity index (χ4v) is 3.62. The number of pyridine rings is 1. The molecule has 0 fully saturated rings. The molecule has 158 valence electrons. The third-order valence-electron chi connectivity index (χ3n) is 4.60. The van der Waals surface area contributed by atoms with Crippen molar-refractivity contribution in [1.82, 2.24) is 15.6 Å². The van der Waals surface area contributed by atoms with Gasteiger partial charge in [-0.1, -0.05) is 30.3 Å². The quantitative estimate of drug-likeness (QED) is 0.292. The molecule has 3 N–H and O–H groups in total. The molecule has 0 unspecified atom stereocenters. The molecule has 0 bridgehead atoms. The van der Waals surface area contributed by atoms with Crippen molar-refractivity contribution in [2.24, 2.45) is 4.99 Å². The summed E-state index contributed by atoms with van der Waals surface area (Å²) in [5.41, 5.74) is 2.03. The molecule has 0 aliphatic rings. The van der Waals surface area contributed by atoms with Crippen molar-refractivity contribution < 1.29 is 8.42 Å². The molecule has 0 radical (unpaired) electrons. The van der Waals surface area contributed by atoms with E-state index in [0.29, 0.717) is 24.5 Å². The average Bonchev–Trinajstić information content (AvgIpc) is 2.75. The number of hydrogen-bond acceptors (Lipinski definition) is 5. The Bertz CT molecular complexity index is 1110. The van der Waals surface area contributed by atoms with Crippen molar-refractivity contribution in [3.8, 4) is 0 Å². The van der Waals surface area contributed by atoms with Crippen molar-refractivity contribution in [1.29, 1.82) is 0 Å². The van der Waals surface area contributed by atoms with E-state index in [1.807, 2.05) is 42.5 Å². The highest BCUT2D eigenvalue weighted by Crippen LogP contribution is 2.14. The largest absolute Gasteiger partial charge is 0.368 e. The Kier molecular flexibility index (Phi) is 7.24. The van der Waals surface area contributed by atoms with Crippen LogP contribution in [0.25, 0.3) is 10.9 Å². The van der Waals surface area contributed by atoms with Gasteiger partial charge in [-0.25, -0.2) is 13.4 Å². The number of guanidine groups is 1. The first kappa shape index (κ1) is 21.6. The van der Waals surface area contributed by atoms with Crippen molar-refractivity contribution in [3.05, 3.63) is 66.2 Å². The molecular formula is C22H27N5O2S. The van der Waals surface area contributed by atoms with Crippen LogP contribution in [-0.2, 0) is 16.3 Å². The Morgan fingerprint density at radius 3 is 2.40 bits per heavy atom. The molecule has 1 aromatic heterocycles. The number of aliphatic imine (C=N–C) groups is 1. The zero-order valence-corrected chi connectivity index (χ0v) is 18.0. The van der Waals surface area contributed by atoms with E-state index in [1.165, 1.54) is 6.26 Å². The molecule has 3 rings (SSSR count). The Morgan fingerprint density at radius 1 is 0.933 bits per heavy atom. The number of aromatic nitrogens is 1. The lowest BCUT2D eigenvalue weighted by molar-refractivity contribution is 0.602. The maximum atomic E-state index is 11.5. The molecule has 0 atom stereocenters. The standard InChI is InChI=1S/C22H27N5O2S/c1-23-22(25-14-13-17-7-10-19(11-8-17)30(2,28)29)26-16-15-24-21-12-9-18-5-3-4-6-20(18)27-21/h3-12H,13-16H2,1-2H3,(H,24,27)(H2,23,25,26). The summed E-state index contributed by atoms with van der Waals surface area (Å²) < 4.78 is 23.0. The molecule has 0 aliphatic carbocycles.